The van der Waals surface area contributed by atoms with Crippen LogP contribution in [0.15, 0.2) is 0 Å². The van der Waals surface area contributed by atoms with E-state index < -0.39 is 6.43 Å². The predicted octanol–water partition coefficient (Wildman–Crippen LogP) is 1.77. The van der Waals surface area contributed by atoms with E-state index in [-0.39, 0.29) is 31.4 Å². The Balaban J connectivity index is 0. The lowest BCUT2D eigenvalue weighted by atomic mass is 9.97. The van der Waals surface area contributed by atoms with Gasteiger partial charge in [0.25, 0.3) is 6.43 Å². The lowest BCUT2D eigenvalue weighted by Crippen LogP contribution is -2.38. The van der Waals surface area contributed by atoms with Gasteiger partial charge in [0.1, 0.15) is 0 Å². The van der Waals surface area contributed by atoms with Crippen LogP contribution in [0.4, 0.5) is 8.78 Å². The van der Waals surface area contributed by atoms with E-state index in [4.69, 9.17) is 5.73 Å². The number of rotatable bonds is 3. The Bertz CT molecular complexity index is 131. The summed E-state index contributed by atoms with van der Waals surface area (Å²) in [5.41, 5.74) is 5.48. The van der Waals surface area contributed by atoms with Crippen molar-refractivity contribution in [3.05, 3.63) is 0 Å². The van der Waals surface area contributed by atoms with E-state index in [1.54, 1.807) is 0 Å². The fourth-order valence-electron chi connectivity index (χ4n) is 1.60. The summed E-state index contributed by atoms with van der Waals surface area (Å²) < 4.78 is 23.9. The Hall–Kier alpha value is 0.360. The first-order chi connectivity index (χ1) is 5.72. The Morgan fingerprint density at radius 1 is 1.21 bits per heavy atom. The zero-order chi connectivity index (χ0) is 8.97. The fourth-order valence-corrected chi connectivity index (χ4v) is 1.60. The topological polar surface area (TPSA) is 29.3 Å². The molecule has 88 valence electrons. The smallest absolute Gasteiger partial charge is 0.251 e. The van der Waals surface area contributed by atoms with Gasteiger partial charge in [-0.1, -0.05) is 0 Å². The third kappa shape index (κ3) is 5.96. The van der Waals surface area contributed by atoms with Crippen molar-refractivity contribution in [3.8, 4) is 0 Å². The van der Waals surface area contributed by atoms with Gasteiger partial charge in [-0.05, 0) is 38.4 Å². The largest absolute Gasteiger partial charge is 0.330 e. The standard InChI is InChI=1S/C8H16F2N2.2ClH/c9-8(10)6-12-3-1-7(5-11)2-4-12;;/h7-8H,1-6,11H2;2*1H. The van der Waals surface area contributed by atoms with E-state index in [1.165, 1.54) is 0 Å². The summed E-state index contributed by atoms with van der Waals surface area (Å²) in [5.74, 6) is 0.555. The number of nitrogens with two attached hydrogens (primary N) is 1. The normalized spacial score (nSPS) is 18.9. The van der Waals surface area contributed by atoms with Gasteiger partial charge in [0.2, 0.25) is 0 Å². The first kappa shape index (κ1) is 16.8. The number of alkyl halides is 2. The Morgan fingerprint density at radius 3 is 2.07 bits per heavy atom. The minimum Gasteiger partial charge on any atom is -0.330 e. The van der Waals surface area contributed by atoms with Gasteiger partial charge in [0, 0.05) is 0 Å². The van der Waals surface area contributed by atoms with E-state index in [9.17, 15) is 8.78 Å². The zero-order valence-corrected chi connectivity index (χ0v) is 9.63. The lowest BCUT2D eigenvalue weighted by Gasteiger charge is -2.30. The molecule has 2 N–H and O–H groups in total. The van der Waals surface area contributed by atoms with Crippen molar-refractivity contribution in [2.24, 2.45) is 11.7 Å². The summed E-state index contributed by atoms with van der Waals surface area (Å²) in [5, 5.41) is 0. The van der Waals surface area contributed by atoms with Gasteiger partial charge in [-0.3, -0.25) is 4.90 Å². The first-order valence-corrected chi connectivity index (χ1v) is 4.43. The van der Waals surface area contributed by atoms with Crippen LogP contribution in [0.1, 0.15) is 12.8 Å². The second-order valence-electron chi connectivity index (χ2n) is 3.37. The number of nitrogens with zero attached hydrogens (tertiary/aromatic N) is 1. The molecule has 0 bridgehead atoms. The lowest BCUT2D eigenvalue weighted by molar-refractivity contribution is 0.0699. The van der Waals surface area contributed by atoms with Crippen molar-refractivity contribution in [1.29, 1.82) is 0 Å². The molecule has 1 aliphatic heterocycles. The van der Waals surface area contributed by atoms with Crippen molar-refractivity contribution in [2.75, 3.05) is 26.2 Å². The van der Waals surface area contributed by atoms with Crippen molar-refractivity contribution in [3.63, 3.8) is 0 Å². The second-order valence-corrected chi connectivity index (χ2v) is 3.37. The molecule has 0 unspecified atom stereocenters. The molecule has 1 fully saturated rings. The average Bonchev–Trinajstić information content (AvgIpc) is 2.05. The molecule has 1 saturated heterocycles. The van der Waals surface area contributed by atoms with Crippen LogP contribution < -0.4 is 5.73 Å². The molecular formula is C8H18Cl2F2N2. The highest BCUT2D eigenvalue weighted by molar-refractivity contribution is 5.85. The molecule has 6 heteroatoms. The molecule has 14 heavy (non-hydrogen) atoms. The van der Waals surface area contributed by atoms with Crippen LogP contribution in [-0.4, -0.2) is 37.5 Å². The highest BCUT2D eigenvalue weighted by Gasteiger charge is 2.19. The van der Waals surface area contributed by atoms with E-state index >= 15 is 0 Å². The zero-order valence-electron chi connectivity index (χ0n) is 7.99. The van der Waals surface area contributed by atoms with Crippen LogP contribution in [0, 0.1) is 5.92 Å². The number of halogens is 4. The molecule has 0 saturated carbocycles. The maximum atomic E-state index is 11.9. The van der Waals surface area contributed by atoms with Crippen LogP contribution in [0.2, 0.25) is 0 Å². The Labute approximate surface area is 96.0 Å². The molecule has 1 aliphatic rings. The van der Waals surface area contributed by atoms with Gasteiger partial charge in [-0.15, -0.1) is 24.8 Å². The summed E-state index contributed by atoms with van der Waals surface area (Å²) in [4.78, 5) is 1.82. The van der Waals surface area contributed by atoms with Gasteiger partial charge in [-0.2, -0.15) is 0 Å². The third-order valence-electron chi connectivity index (χ3n) is 2.44. The van der Waals surface area contributed by atoms with Crippen molar-refractivity contribution >= 4 is 24.8 Å². The van der Waals surface area contributed by atoms with Gasteiger partial charge in [-0.25, -0.2) is 8.78 Å². The number of likely N-dealkylation sites (tertiary alicyclic amines) is 1. The molecule has 0 aromatic rings. The van der Waals surface area contributed by atoms with Crippen LogP contribution in [0.25, 0.3) is 0 Å². The number of hydrogen-bond acceptors (Lipinski definition) is 2. The molecule has 1 heterocycles. The summed E-state index contributed by atoms with van der Waals surface area (Å²) >= 11 is 0. The molecule has 0 amide bonds. The van der Waals surface area contributed by atoms with Crippen LogP contribution in [0.3, 0.4) is 0 Å². The van der Waals surface area contributed by atoms with Gasteiger partial charge in [0.05, 0.1) is 6.54 Å². The second kappa shape index (κ2) is 8.65. The fraction of sp³-hybridized carbons (Fsp3) is 1.00. The summed E-state index contributed by atoms with van der Waals surface area (Å²) in [7, 11) is 0. The molecular weight excluding hydrogens is 233 g/mol. The van der Waals surface area contributed by atoms with Gasteiger partial charge >= 0.3 is 0 Å². The van der Waals surface area contributed by atoms with E-state index in [2.05, 4.69) is 0 Å². The van der Waals surface area contributed by atoms with Crippen LogP contribution in [0.5, 0.6) is 0 Å². The highest BCUT2D eigenvalue weighted by Crippen LogP contribution is 2.16. The maximum Gasteiger partial charge on any atom is 0.251 e. The summed E-state index contributed by atoms with van der Waals surface area (Å²) in [6.45, 7) is 2.19. The van der Waals surface area contributed by atoms with E-state index in [1.807, 2.05) is 4.90 Å². The molecule has 2 nitrogen and oxygen atoms in total. The maximum absolute atomic E-state index is 11.9. The SMILES string of the molecule is Cl.Cl.NCC1CCN(CC(F)F)CC1. The Morgan fingerprint density at radius 2 is 1.71 bits per heavy atom. The number of piperidine rings is 1. The molecule has 0 spiro atoms. The Kier molecular flexibility index (Phi) is 10.4. The van der Waals surface area contributed by atoms with Crippen molar-refractivity contribution in [1.82, 2.24) is 4.90 Å². The molecule has 0 radical (unpaired) electrons. The van der Waals surface area contributed by atoms with Crippen LogP contribution >= 0.6 is 24.8 Å². The van der Waals surface area contributed by atoms with E-state index in [0.717, 1.165) is 25.9 Å². The molecule has 0 aromatic carbocycles. The average molecular weight is 251 g/mol. The van der Waals surface area contributed by atoms with Crippen LogP contribution in [-0.2, 0) is 0 Å². The molecule has 0 atom stereocenters. The van der Waals surface area contributed by atoms with E-state index in [0.29, 0.717) is 12.5 Å². The molecule has 0 aromatic heterocycles. The van der Waals surface area contributed by atoms with Crippen molar-refractivity contribution < 1.29 is 8.78 Å². The first-order valence-electron chi connectivity index (χ1n) is 4.43. The predicted molar refractivity (Wildman–Crippen MR) is 58.7 cm³/mol. The van der Waals surface area contributed by atoms with Gasteiger partial charge < -0.3 is 5.73 Å². The monoisotopic (exact) mass is 250 g/mol. The minimum absolute atomic E-state index is 0. The summed E-state index contributed by atoms with van der Waals surface area (Å²) in [6, 6.07) is 0. The van der Waals surface area contributed by atoms with Crippen molar-refractivity contribution in [2.45, 2.75) is 19.3 Å². The minimum atomic E-state index is -2.19. The third-order valence-corrected chi connectivity index (χ3v) is 2.44. The highest BCUT2D eigenvalue weighted by atomic mass is 35.5. The summed E-state index contributed by atoms with van der Waals surface area (Å²) in [6.07, 6.45) is -0.244. The number of hydrogen-bond donors (Lipinski definition) is 1. The molecule has 1 rings (SSSR count). The molecule has 0 aliphatic carbocycles. The quantitative estimate of drug-likeness (QED) is 0.828. The van der Waals surface area contributed by atoms with Gasteiger partial charge in [0.15, 0.2) is 0 Å².